The van der Waals surface area contributed by atoms with Gasteiger partial charge in [-0.2, -0.15) is 0 Å². The number of aromatic nitrogens is 1. The maximum atomic E-state index is 13.5. The molecule has 146 valence electrons. The van der Waals surface area contributed by atoms with Gasteiger partial charge in [0.1, 0.15) is 11.5 Å². The fourth-order valence-corrected chi connectivity index (χ4v) is 3.65. The molecule has 3 aromatic rings. The van der Waals surface area contributed by atoms with Crippen LogP contribution in [0.25, 0.3) is 0 Å². The number of likely N-dealkylation sites (N-methyl/N-ethyl adjacent to an activating group) is 1. The van der Waals surface area contributed by atoms with Crippen molar-refractivity contribution in [2.45, 2.75) is 13.0 Å². The average molecular weight is 398 g/mol. The molecule has 0 fully saturated rings. The van der Waals surface area contributed by atoms with E-state index in [1.807, 2.05) is 48.6 Å². The Hall–Kier alpha value is -2.57. The van der Waals surface area contributed by atoms with E-state index >= 15 is 0 Å². The van der Waals surface area contributed by atoms with Gasteiger partial charge in [-0.25, -0.2) is 9.37 Å². The highest BCUT2D eigenvalue weighted by atomic mass is 32.1. The number of thiazole rings is 1. The smallest absolute Gasteiger partial charge is 0.273 e. The van der Waals surface area contributed by atoms with E-state index < -0.39 is 0 Å². The monoisotopic (exact) mass is 397 g/mol. The van der Waals surface area contributed by atoms with Gasteiger partial charge in [-0.05, 0) is 37.4 Å². The Bertz CT molecular complexity index is 911. The molecule has 28 heavy (non-hydrogen) atoms. The van der Waals surface area contributed by atoms with Crippen molar-refractivity contribution in [3.05, 3.63) is 87.6 Å². The summed E-state index contributed by atoms with van der Waals surface area (Å²) in [7, 11) is 3.93. The van der Waals surface area contributed by atoms with E-state index in [0.29, 0.717) is 25.2 Å². The van der Waals surface area contributed by atoms with Crippen molar-refractivity contribution in [1.29, 1.82) is 0 Å². The predicted octanol–water partition coefficient (Wildman–Crippen LogP) is 4.08. The molecule has 6 heteroatoms. The van der Waals surface area contributed by atoms with E-state index in [1.165, 1.54) is 29.0 Å². The molecule has 0 N–H and O–H groups in total. The molecule has 1 amide bonds. The molecule has 0 aliphatic carbocycles. The first-order valence-electron chi connectivity index (χ1n) is 9.18. The topological polar surface area (TPSA) is 36.4 Å². The standard InChI is InChI=1S/C22H24FN3OS/c1-25(2)11-12-26(15-18-9-6-10-19(23)13-18)22(27)20-16-28-21(24-20)14-17-7-4-3-5-8-17/h3-10,13,16H,11-12,14-15H2,1-2H3. The second-order valence-corrected chi connectivity index (χ2v) is 7.89. The lowest BCUT2D eigenvalue weighted by Crippen LogP contribution is -2.36. The Morgan fingerprint density at radius 3 is 2.50 bits per heavy atom. The number of hydrogen-bond acceptors (Lipinski definition) is 4. The van der Waals surface area contributed by atoms with Gasteiger partial charge in [0.25, 0.3) is 5.91 Å². The number of carbonyl (C=O) groups excluding carboxylic acids is 1. The van der Waals surface area contributed by atoms with Gasteiger partial charge in [-0.3, -0.25) is 4.79 Å². The first-order valence-corrected chi connectivity index (χ1v) is 10.1. The largest absolute Gasteiger partial charge is 0.332 e. The zero-order valence-corrected chi connectivity index (χ0v) is 17.0. The Labute approximate surface area is 169 Å². The zero-order valence-electron chi connectivity index (χ0n) is 16.1. The molecule has 0 saturated heterocycles. The van der Waals surface area contributed by atoms with Crippen LogP contribution in [-0.2, 0) is 13.0 Å². The lowest BCUT2D eigenvalue weighted by molar-refractivity contribution is 0.0726. The quantitative estimate of drug-likeness (QED) is 0.575. The lowest BCUT2D eigenvalue weighted by Gasteiger charge is -2.24. The van der Waals surface area contributed by atoms with Gasteiger partial charge in [0, 0.05) is 31.4 Å². The number of nitrogens with zero attached hydrogens (tertiary/aromatic N) is 3. The van der Waals surface area contributed by atoms with Crippen LogP contribution in [0.5, 0.6) is 0 Å². The first-order chi connectivity index (χ1) is 13.5. The Kier molecular flexibility index (Phi) is 6.90. The van der Waals surface area contributed by atoms with Gasteiger partial charge in [0.15, 0.2) is 0 Å². The predicted molar refractivity (Wildman–Crippen MR) is 111 cm³/mol. The van der Waals surface area contributed by atoms with Gasteiger partial charge in [-0.1, -0.05) is 42.5 Å². The van der Waals surface area contributed by atoms with Gasteiger partial charge < -0.3 is 9.80 Å². The van der Waals surface area contributed by atoms with Crippen LogP contribution in [0.15, 0.2) is 60.0 Å². The van der Waals surface area contributed by atoms with Crippen molar-refractivity contribution < 1.29 is 9.18 Å². The third-order valence-electron chi connectivity index (χ3n) is 4.34. The van der Waals surface area contributed by atoms with E-state index in [9.17, 15) is 9.18 Å². The molecule has 3 rings (SSSR count). The van der Waals surface area contributed by atoms with Crippen molar-refractivity contribution in [1.82, 2.24) is 14.8 Å². The number of amides is 1. The minimum Gasteiger partial charge on any atom is -0.332 e. The molecule has 0 spiro atoms. The summed E-state index contributed by atoms with van der Waals surface area (Å²) in [5.41, 5.74) is 2.39. The molecule has 0 saturated carbocycles. The number of carbonyl (C=O) groups is 1. The molecule has 0 unspecified atom stereocenters. The second kappa shape index (κ2) is 9.57. The van der Waals surface area contributed by atoms with E-state index in [-0.39, 0.29) is 11.7 Å². The van der Waals surface area contributed by atoms with Crippen molar-refractivity contribution in [2.24, 2.45) is 0 Å². The van der Waals surface area contributed by atoms with Crippen LogP contribution in [-0.4, -0.2) is 47.9 Å². The molecule has 0 bridgehead atoms. The van der Waals surface area contributed by atoms with Crippen molar-refractivity contribution in [3.63, 3.8) is 0 Å². The zero-order chi connectivity index (χ0) is 19.9. The minimum atomic E-state index is -0.295. The third-order valence-corrected chi connectivity index (χ3v) is 5.18. The Morgan fingerprint density at radius 2 is 1.79 bits per heavy atom. The van der Waals surface area contributed by atoms with E-state index in [2.05, 4.69) is 17.1 Å². The molecular weight excluding hydrogens is 373 g/mol. The molecule has 0 aliphatic rings. The fraction of sp³-hybridized carbons (Fsp3) is 0.273. The minimum absolute atomic E-state index is 0.123. The van der Waals surface area contributed by atoms with E-state index in [1.54, 1.807) is 11.0 Å². The van der Waals surface area contributed by atoms with E-state index in [4.69, 9.17) is 0 Å². The van der Waals surface area contributed by atoms with Crippen molar-refractivity contribution in [2.75, 3.05) is 27.2 Å². The van der Waals surface area contributed by atoms with Crippen LogP contribution >= 0.6 is 11.3 Å². The summed E-state index contributed by atoms with van der Waals surface area (Å²) >= 11 is 1.49. The summed E-state index contributed by atoms with van der Waals surface area (Å²) in [4.78, 5) is 21.4. The summed E-state index contributed by atoms with van der Waals surface area (Å²) in [5, 5.41) is 2.72. The van der Waals surface area contributed by atoms with Crippen LogP contribution in [0.3, 0.4) is 0 Å². The maximum Gasteiger partial charge on any atom is 0.273 e. The van der Waals surface area contributed by atoms with Crippen molar-refractivity contribution in [3.8, 4) is 0 Å². The highest BCUT2D eigenvalue weighted by Gasteiger charge is 2.19. The summed E-state index contributed by atoms with van der Waals surface area (Å²) in [6.45, 7) is 1.63. The summed E-state index contributed by atoms with van der Waals surface area (Å²) in [5.74, 6) is -0.419. The molecule has 1 aromatic heterocycles. The summed E-state index contributed by atoms with van der Waals surface area (Å²) < 4.78 is 13.5. The summed E-state index contributed by atoms with van der Waals surface area (Å²) in [6, 6.07) is 16.5. The molecule has 0 atom stereocenters. The molecule has 4 nitrogen and oxygen atoms in total. The lowest BCUT2D eigenvalue weighted by atomic mass is 10.2. The summed E-state index contributed by atoms with van der Waals surface area (Å²) in [6.07, 6.45) is 0.709. The maximum absolute atomic E-state index is 13.5. The number of halogens is 1. The molecule has 0 radical (unpaired) electrons. The number of benzene rings is 2. The van der Waals surface area contributed by atoms with Crippen LogP contribution < -0.4 is 0 Å². The van der Waals surface area contributed by atoms with Crippen LogP contribution in [0.2, 0.25) is 0 Å². The van der Waals surface area contributed by atoms with Crippen LogP contribution in [0.4, 0.5) is 4.39 Å². The number of rotatable bonds is 8. The van der Waals surface area contributed by atoms with Gasteiger partial charge >= 0.3 is 0 Å². The highest BCUT2D eigenvalue weighted by Crippen LogP contribution is 2.17. The third kappa shape index (κ3) is 5.71. The van der Waals surface area contributed by atoms with E-state index in [0.717, 1.165) is 17.1 Å². The normalized spacial score (nSPS) is 11.0. The molecule has 0 aliphatic heterocycles. The van der Waals surface area contributed by atoms with Gasteiger partial charge in [0.05, 0.1) is 5.01 Å². The second-order valence-electron chi connectivity index (χ2n) is 6.95. The fourth-order valence-electron chi connectivity index (χ4n) is 2.85. The first kappa shape index (κ1) is 20.2. The Morgan fingerprint density at radius 1 is 1.04 bits per heavy atom. The van der Waals surface area contributed by atoms with Crippen LogP contribution in [0.1, 0.15) is 26.6 Å². The van der Waals surface area contributed by atoms with Crippen LogP contribution in [0, 0.1) is 5.82 Å². The average Bonchev–Trinajstić information content (AvgIpc) is 3.14. The van der Waals surface area contributed by atoms with Gasteiger partial charge in [-0.15, -0.1) is 11.3 Å². The SMILES string of the molecule is CN(C)CCN(Cc1cccc(F)c1)C(=O)c1csc(Cc2ccccc2)n1. The Balaban J connectivity index is 1.74. The van der Waals surface area contributed by atoms with Crippen molar-refractivity contribution >= 4 is 17.2 Å². The molecule has 2 aromatic carbocycles. The molecule has 1 heterocycles. The highest BCUT2D eigenvalue weighted by molar-refractivity contribution is 7.09. The molecular formula is C22H24FN3OS. The van der Waals surface area contributed by atoms with Gasteiger partial charge in [0.2, 0.25) is 0 Å². The number of hydrogen-bond donors (Lipinski definition) is 0.